The molecule has 0 bridgehead atoms. The first-order chi connectivity index (χ1) is 14.1. The predicted molar refractivity (Wildman–Crippen MR) is 101 cm³/mol. The molecular weight excluding hydrogens is 405 g/mol. The molecule has 4 atom stereocenters. The number of hydrogen-bond donors (Lipinski definition) is 0. The normalized spacial score (nSPS) is 22.2. The summed E-state index contributed by atoms with van der Waals surface area (Å²) in [6.45, 7) is 1.53. The molecule has 0 spiro atoms. The number of alkyl halides is 3. The molecule has 0 N–H and O–H groups in total. The van der Waals surface area contributed by atoms with Crippen LogP contribution in [0, 0.1) is 0 Å². The van der Waals surface area contributed by atoms with Crippen molar-refractivity contribution in [3.05, 3.63) is 35.9 Å². The van der Waals surface area contributed by atoms with Crippen molar-refractivity contribution in [2.45, 2.75) is 69.1 Å². The van der Waals surface area contributed by atoms with Crippen molar-refractivity contribution in [1.82, 2.24) is 0 Å². The molecule has 1 fully saturated rings. The van der Waals surface area contributed by atoms with E-state index in [0.717, 1.165) is 13.5 Å². The number of carbonyl (C=O) groups is 2. The first kappa shape index (κ1) is 24.1. The molecule has 30 heavy (non-hydrogen) atoms. The topological polar surface area (TPSA) is 71.1 Å². The Morgan fingerprint density at radius 3 is 2.33 bits per heavy atom. The van der Waals surface area contributed by atoms with Gasteiger partial charge in [0.15, 0.2) is 0 Å². The number of halogens is 3. The van der Waals surface area contributed by atoms with E-state index in [-0.39, 0.29) is 30.2 Å². The van der Waals surface area contributed by atoms with Gasteiger partial charge < -0.3 is 18.9 Å². The second-order valence-corrected chi connectivity index (χ2v) is 7.28. The van der Waals surface area contributed by atoms with Gasteiger partial charge in [-0.15, -0.1) is 0 Å². The number of benzene rings is 1. The molecule has 6 nitrogen and oxygen atoms in total. The lowest BCUT2D eigenvalue weighted by molar-refractivity contribution is -0.278. The zero-order valence-corrected chi connectivity index (χ0v) is 17.2. The molecular formula is C21H27F3O6. The second-order valence-electron chi connectivity index (χ2n) is 7.28. The summed E-state index contributed by atoms with van der Waals surface area (Å²) >= 11 is 0. The van der Waals surface area contributed by atoms with Crippen LogP contribution in [0.1, 0.15) is 44.6 Å². The third-order valence-electron chi connectivity index (χ3n) is 5.19. The molecule has 1 aromatic rings. The van der Waals surface area contributed by atoms with E-state index in [1.165, 1.54) is 38.3 Å². The lowest BCUT2D eigenvalue weighted by Gasteiger charge is -2.33. The van der Waals surface area contributed by atoms with Crippen LogP contribution in [0.25, 0.3) is 0 Å². The van der Waals surface area contributed by atoms with Crippen LogP contribution in [0.15, 0.2) is 30.3 Å². The Hall–Kier alpha value is -2.13. The van der Waals surface area contributed by atoms with Gasteiger partial charge >= 0.3 is 18.1 Å². The standard InChI is InChI=1S/C21H27F3O6/c1-14(9-10-16-11-12-17(30-16)13-18(25)27-2)29-19(26)20(28-3,21(22,23)24)15-7-5-4-6-8-15/h4-8,14,16-17H,9-13H2,1-3H3/t14-,16?,17+,20-/m1/s1. The Bertz CT molecular complexity index is 708. The minimum atomic E-state index is -5.00. The zero-order chi connectivity index (χ0) is 22.4. The van der Waals surface area contributed by atoms with Crippen LogP contribution in [0.2, 0.25) is 0 Å². The van der Waals surface area contributed by atoms with Crippen molar-refractivity contribution >= 4 is 11.9 Å². The summed E-state index contributed by atoms with van der Waals surface area (Å²) < 4.78 is 61.9. The molecule has 1 aliphatic rings. The molecule has 168 valence electrons. The van der Waals surface area contributed by atoms with Gasteiger partial charge in [-0.1, -0.05) is 30.3 Å². The van der Waals surface area contributed by atoms with E-state index in [1.54, 1.807) is 6.07 Å². The van der Waals surface area contributed by atoms with Crippen molar-refractivity contribution in [3.8, 4) is 0 Å². The highest BCUT2D eigenvalue weighted by molar-refractivity contribution is 5.82. The van der Waals surface area contributed by atoms with E-state index >= 15 is 0 Å². The molecule has 1 saturated heterocycles. The van der Waals surface area contributed by atoms with Crippen molar-refractivity contribution in [2.75, 3.05) is 14.2 Å². The maximum absolute atomic E-state index is 13.9. The van der Waals surface area contributed by atoms with E-state index in [4.69, 9.17) is 14.2 Å². The molecule has 2 rings (SSSR count). The molecule has 1 aliphatic heterocycles. The van der Waals surface area contributed by atoms with Gasteiger partial charge in [0.2, 0.25) is 0 Å². The third-order valence-corrected chi connectivity index (χ3v) is 5.19. The summed E-state index contributed by atoms with van der Waals surface area (Å²) in [7, 11) is 2.14. The van der Waals surface area contributed by atoms with Crippen molar-refractivity contribution in [1.29, 1.82) is 0 Å². The quantitative estimate of drug-likeness (QED) is 0.551. The summed E-state index contributed by atoms with van der Waals surface area (Å²) in [5.41, 5.74) is -3.54. The third kappa shape index (κ3) is 5.51. The summed E-state index contributed by atoms with van der Waals surface area (Å²) in [5, 5.41) is 0. The Morgan fingerprint density at radius 2 is 1.77 bits per heavy atom. The lowest BCUT2D eigenvalue weighted by Crippen LogP contribution is -2.52. The summed E-state index contributed by atoms with van der Waals surface area (Å²) in [6, 6.07) is 6.69. The van der Waals surface area contributed by atoms with E-state index in [1.807, 2.05) is 0 Å². The van der Waals surface area contributed by atoms with Gasteiger partial charge in [0.05, 0.1) is 31.8 Å². The molecule has 1 heterocycles. The van der Waals surface area contributed by atoms with Crippen LogP contribution in [0.5, 0.6) is 0 Å². The Balaban J connectivity index is 1.97. The first-order valence-electron chi connectivity index (χ1n) is 9.74. The fraction of sp³-hybridized carbons (Fsp3) is 0.619. The number of rotatable bonds is 9. The predicted octanol–water partition coefficient (Wildman–Crippen LogP) is 3.91. The maximum Gasteiger partial charge on any atom is 0.432 e. The summed E-state index contributed by atoms with van der Waals surface area (Å²) in [4.78, 5) is 23.9. The van der Waals surface area contributed by atoms with Crippen LogP contribution in [0.3, 0.4) is 0 Å². The summed E-state index contributed by atoms with van der Waals surface area (Å²) in [5.74, 6) is -1.86. The highest BCUT2D eigenvalue weighted by Crippen LogP contribution is 2.43. The maximum atomic E-state index is 13.9. The fourth-order valence-corrected chi connectivity index (χ4v) is 3.54. The van der Waals surface area contributed by atoms with Crippen LogP contribution < -0.4 is 0 Å². The SMILES string of the molecule is COC(=O)C[C@@H]1CCC(CC[C@@H](C)OC(=O)[C@](OC)(c2ccccc2)C(F)(F)F)O1. The molecule has 0 radical (unpaired) electrons. The van der Waals surface area contributed by atoms with Gasteiger partial charge in [-0.3, -0.25) is 4.79 Å². The first-order valence-corrected chi connectivity index (χ1v) is 9.74. The van der Waals surface area contributed by atoms with Crippen molar-refractivity contribution in [2.24, 2.45) is 0 Å². The monoisotopic (exact) mass is 432 g/mol. The van der Waals surface area contributed by atoms with Gasteiger partial charge in [0.25, 0.3) is 5.60 Å². The molecule has 9 heteroatoms. The van der Waals surface area contributed by atoms with E-state index in [9.17, 15) is 22.8 Å². The van der Waals surface area contributed by atoms with Gasteiger partial charge in [0.1, 0.15) is 0 Å². The molecule has 1 unspecified atom stereocenters. The number of hydrogen-bond acceptors (Lipinski definition) is 6. The average Bonchev–Trinajstić information content (AvgIpc) is 3.14. The minimum absolute atomic E-state index is 0.148. The number of methoxy groups -OCH3 is 2. The van der Waals surface area contributed by atoms with Crippen LogP contribution in [0.4, 0.5) is 13.2 Å². The van der Waals surface area contributed by atoms with Gasteiger partial charge in [0, 0.05) is 12.7 Å². The van der Waals surface area contributed by atoms with Crippen LogP contribution in [-0.4, -0.2) is 50.6 Å². The Kier molecular flexibility index (Phi) is 8.25. The molecule has 0 aromatic heterocycles. The highest BCUT2D eigenvalue weighted by Gasteiger charge is 2.64. The van der Waals surface area contributed by atoms with E-state index in [0.29, 0.717) is 19.3 Å². The largest absolute Gasteiger partial charge is 0.469 e. The molecule has 1 aromatic carbocycles. The van der Waals surface area contributed by atoms with Gasteiger partial charge in [-0.2, -0.15) is 13.2 Å². The number of carbonyl (C=O) groups excluding carboxylic acids is 2. The molecule has 0 amide bonds. The van der Waals surface area contributed by atoms with Crippen molar-refractivity contribution in [3.63, 3.8) is 0 Å². The Morgan fingerprint density at radius 1 is 1.13 bits per heavy atom. The zero-order valence-electron chi connectivity index (χ0n) is 17.2. The second kappa shape index (κ2) is 10.3. The fourth-order valence-electron chi connectivity index (χ4n) is 3.54. The summed E-state index contributed by atoms with van der Waals surface area (Å²) in [6.07, 6.45) is -3.78. The van der Waals surface area contributed by atoms with Crippen LogP contribution >= 0.6 is 0 Å². The smallest absolute Gasteiger partial charge is 0.432 e. The van der Waals surface area contributed by atoms with Gasteiger partial charge in [-0.25, -0.2) is 4.79 Å². The van der Waals surface area contributed by atoms with E-state index in [2.05, 4.69) is 4.74 Å². The molecule has 0 saturated carbocycles. The number of ether oxygens (including phenoxy) is 4. The van der Waals surface area contributed by atoms with Crippen LogP contribution in [-0.2, 0) is 34.1 Å². The lowest BCUT2D eigenvalue weighted by atomic mass is 9.92. The average molecular weight is 432 g/mol. The highest BCUT2D eigenvalue weighted by atomic mass is 19.4. The van der Waals surface area contributed by atoms with Gasteiger partial charge in [-0.05, 0) is 32.6 Å². The number of esters is 2. The van der Waals surface area contributed by atoms with Crippen molar-refractivity contribution < 1.29 is 41.7 Å². The Labute approximate surface area is 173 Å². The molecule has 0 aliphatic carbocycles. The minimum Gasteiger partial charge on any atom is -0.469 e. The van der Waals surface area contributed by atoms with E-state index < -0.39 is 23.9 Å².